The molecule has 1 amide bonds. The van der Waals surface area contributed by atoms with Crippen molar-refractivity contribution in [1.29, 1.82) is 0 Å². The first-order chi connectivity index (χ1) is 12.1. The van der Waals surface area contributed by atoms with Gasteiger partial charge < -0.3 is 14.4 Å². The van der Waals surface area contributed by atoms with E-state index in [2.05, 4.69) is 21.6 Å². The minimum absolute atomic E-state index is 0.152. The van der Waals surface area contributed by atoms with Gasteiger partial charge in [0.2, 0.25) is 0 Å². The standard InChI is InChI=1S/C21H29N3O/c1-22-13-10-16-14-17(8-9-19(16)22)21(25)23(2)15-18-6-5-12-24-11-4-3-7-20(18)24/h8-10,13-14,18,20H,3-7,11-12,15H2,1-2H3/t18-,20+/m0/s1. The van der Waals surface area contributed by atoms with Crippen molar-refractivity contribution in [1.82, 2.24) is 14.4 Å². The Kier molecular flexibility index (Phi) is 4.55. The largest absolute Gasteiger partial charge is 0.351 e. The van der Waals surface area contributed by atoms with Crippen LogP contribution in [0.1, 0.15) is 42.5 Å². The molecule has 25 heavy (non-hydrogen) atoms. The third-order valence-electron chi connectivity index (χ3n) is 6.22. The summed E-state index contributed by atoms with van der Waals surface area (Å²) in [6.07, 6.45) is 8.58. The van der Waals surface area contributed by atoms with Crippen LogP contribution in [0.25, 0.3) is 10.9 Å². The van der Waals surface area contributed by atoms with E-state index in [1.54, 1.807) is 0 Å². The molecule has 2 aromatic rings. The highest BCUT2D eigenvalue weighted by molar-refractivity contribution is 5.98. The molecule has 0 aliphatic carbocycles. The number of piperidine rings is 2. The zero-order valence-corrected chi connectivity index (χ0v) is 15.4. The van der Waals surface area contributed by atoms with E-state index in [0.29, 0.717) is 12.0 Å². The van der Waals surface area contributed by atoms with E-state index in [1.807, 2.05) is 37.3 Å². The third kappa shape index (κ3) is 3.20. The van der Waals surface area contributed by atoms with Crippen molar-refractivity contribution in [3.63, 3.8) is 0 Å². The summed E-state index contributed by atoms with van der Waals surface area (Å²) in [5.74, 6) is 0.780. The van der Waals surface area contributed by atoms with Gasteiger partial charge in [-0.15, -0.1) is 0 Å². The molecule has 2 aliphatic rings. The van der Waals surface area contributed by atoms with Gasteiger partial charge in [-0.1, -0.05) is 6.42 Å². The molecule has 2 fully saturated rings. The highest BCUT2D eigenvalue weighted by atomic mass is 16.2. The molecule has 0 spiro atoms. The van der Waals surface area contributed by atoms with Crippen LogP contribution in [0.5, 0.6) is 0 Å². The second kappa shape index (κ2) is 6.83. The molecule has 0 N–H and O–H groups in total. The molecule has 1 aromatic heterocycles. The number of nitrogens with zero attached hydrogens (tertiary/aromatic N) is 3. The Labute approximate surface area is 150 Å². The number of rotatable bonds is 3. The fourth-order valence-electron chi connectivity index (χ4n) is 4.86. The van der Waals surface area contributed by atoms with E-state index in [-0.39, 0.29) is 5.91 Å². The third-order valence-corrected chi connectivity index (χ3v) is 6.22. The first kappa shape index (κ1) is 16.6. The Morgan fingerprint density at radius 3 is 2.88 bits per heavy atom. The molecule has 0 radical (unpaired) electrons. The van der Waals surface area contributed by atoms with E-state index < -0.39 is 0 Å². The summed E-state index contributed by atoms with van der Waals surface area (Å²) in [6.45, 7) is 3.39. The highest BCUT2D eigenvalue weighted by Gasteiger charge is 2.34. The predicted molar refractivity (Wildman–Crippen MR) is 102 cm³/mol. The molecule has 2 saturated heterocycles. The van der Waals surface area contributed by atoms with Crippen molar-refractivity contribution >= 4 is 16.8 Å². The average molecular weight is 339 g/mol. The van der Waals surface area contributed by atoms with Crippen molar-refractivity contribution in [2.75, 3.05) is 26.7 Å². The molecule has 4 rings (SSSR count). The number of carbonyl (C=O) groups excluding carboxylic acids is 1. The van der Waals surface area contributed by atoms with Crippen LogP contribution >= 0.6 is 0 Å². The molecule has 2 aliphatic heterocycles. The topological polar surface area (TPSA) is 28.5 Å². The fraction of sp³-hybridized carbons (Fsp3) is 0.571. The lowest BCUT2D eigenvalue weighted by molar-refractivity contribution is 0.0403. The first-order valence-corrected chi connectivity index (χ1v) is 9.68. The monoisotopic (exact) mass is 339 g/mol. The quantitative estimate of drug-likeness (QED) is 0.856. The Morgan fingerprint density at radius 1 is 1.16 bits per heavy atom. The van der Waals surface area contributed by atoms with Crippen LogP contribution in [-0.4, -0.2) is 53.0 Å². The van der Waals surface area contributed by atoms with Crippen molar-refractivity contribution in [3.8, 4) is 0 Å². The number of hydrogen-bond donors (Lipinski definition) is 0. The molecule has 0 bridgehead atoms. The van der Waals surface area contributed by atoms with Crippen LogP contribution in [0.15, 0.2) is 30.5 Å². The lowest BCUT2D eigenvalue weighted by Gasteiger charge is -2.45. The number of amides is 1. The number of benzene rings is 1. The molecular formula is C21H29N3O. The fourth-order valence-corrected chi connectivity index (χ4v) is 4.86. The van der Waals surface area contributed by atoms with E-state index in [4.69, 9.17) is 0 Å². The van der Waals surface area contributed by atoms with E-state index in [0.717, 1.165) is 17.5 Å². The Hall–Kier alpha value is -1.81. The number of fused-ring (bicyclic) bond motifs is 2. The lowest BCUT2D eigenvalue weighted by atomic mass is 9.83. The molecule has 4 nitrogen and oxygen atoms in total. The van der Waals surface area contributed by atoms with Gasteiger partial charge >= 0.3 is 0 Å². The summed E-state index contributed by atoms with van der Waals surface area (Å²) >= 11 is 0. The predicted octanol–water partition coefficient (Wildman–Crippen LogP) is 3.51. The molecule has 4 heteroatoms. The van der Waals surface area contributed by atoms with Crippen LogP contribution in [-0.2, 0) is 7.05 Å². The number of carbonyl (C=O) groups is 1. The molecule has 2 atom stereocenters. The minimum atomic E-state index is 0.152. The molecule has 0 unspecified atom stereocenters. The van der Waals surface area contributed by atoms with Crippen molar-refractivity contribution < 1.29 is 4.79 Å². The Morgan fingerprint density at radius 2 is 2.00 bits per heavy atom. The second-order valence-electron chi connectivity index (χ2n) is 7.89. The number of aryl methyl sites for hydroxylation is 1. The van der Waals surface area contributed by atoms with Crippen molar-refractivity contribution in [3.05, 3.63) is 36.0 Å². The molecule has 134 valence electrons. The summed E-state index contributed by atoms with van der Waals surface area (Å²) in [5, 5.41) is 1.14. The molecule has 1 aromatic carbocycles. The van der Waals surface area contributed by atoms with Gasteiger partial charge in [0.15, 0.2) is 0 Å². The van der Waals surface area contributed by atoms with E-state index in [9.17, 15) is 4.79 Å². The molecule has 3 heterocycles. The van der Waals surface area contributed by atoms with E-state index >= 15 is 0 Å². The van der Waals surface area contributed by atoms with Gasteiger partial charge in [0, 0.05) is 49.3 Å². The summed E-state index contributed by atoms with van der Waals surface area (Å²) < 4.78 is 2.09. The zero-order chi connectivity index (χ0) is 17.4. The molecular weight excluding hydrogens is 310 g/mol. The van der Waals surface area contributed by atoms with Crippen LogP contribution < -0.4 is 0 Å². The maximum atomic E-state index is 12.9. The normalized spacial score (nSPS) is 24.2. The summed E-state index contributed by atoms with van der Waals surface area (Å²) in [4.78, 5) is 17.6. The van der Waals surface area contributed by atoms with Crippen molar-refractivity contribution in [2.24, 2.45) is 13.0 Å². The van der Waals surface area contributed by atoms with Crippen LogP contribution in [0, 0.1) is 5.92 Å². The summed E-state index contributed by atoms with van der Waals surface area (Å²) in [5.41, 5.74) is 1.97. The zero-order valence-electron chi connectivity index (χ0n) is 15.4. The Bertz CT molecular complexity index is 764. The smallest absolute Gasteiger partial charge is 0.253 e. The van der Waals surface area contributed by atoms with Gasteiger partial charge in [0.05, 0.1) is 0 Å². The maximum Gasteiger partial charge on any atom is 0.253 e. The van der Waals surface area contributed by atoms with Gasteiger partial charge in [0.25, 0.3) is 5.91 Å². The highest BCUT2D eigenvalue weighted by Crippen LogP contribution is 2.31. The summed E-state index contributed by atoms with van der Waals surface area (Å²) in [6, 6.07) is 8.82. The number of aromatic nitrogens is 1. The van der Waals surface area contributed by atoms with Gasteiger partial charge in [-0.2, -0.15) is 0 Å². The lowest BCUT2D eigenvalue weighted by Crippen LogP contribution is -2.51. The second-order valence-corrected chi connectivity index (χ2v) is 7.89. The van der Waals surface area contributed by atoms with Gasteiger partial charge in [0.1, 0.15) is 0 Å². The molecule has 0 saturated carbocycles. The van der Waals surface area contributed by atoms with Crippen LogP contribution in [0.3, 0.4) is 0 Å². The van der Waals surface area contributed by atoms with Crippen LogP contribution in [0.4, 0.5) is 0 Å². The van der Waals surface area contributed by atoms with Gasteiger partial charge in [-0.25, -0.2) is 0 Å². The summed E-state index contributed by atoms with van der Waals surface area (Å²) in [7, 11) is 4.01. The Balaban J connectivity index is 1.47. The van der Waals surface area contributed by atoms with Crippen LogP contribution in [0.2, 0.25) is 0 Å². The average Bonchev–Trinajstić information content (AvgIpc) is 3.02. The van der Waals surface area contributed by atoms with Crippen molar-refractivity contribution in [2.45, 2.75) is 38.1 Å². The SMILES string of the molecule is CN(C[C@@H]1CCCN2CCCC[C@H]12)C(=O)c1ccc2c(ccn2C)c1. The van der Waals surface area contributed by atoms with E-state index in [1.165, 1.54) is 50.7 Å². The minimum Gasteiger partial charge on any atom is -0.351 e. The maximum absolute atomic E-state index is 12.9. The van der Waals surface area contributed by atoms with Gasteiger partial charge in [-0.3, -0.25) is 4.79 Å². The number of hydrogen-bond acceptors (Lipinski definition) is 2. The van der Waals surface area contributed by atoms with Gasteiger partial charge in [-0.05, 0) is 69.0 Å². The first-order valence-electron chi connectivity index (χ1n) is 9.68.